The molecule has 1 N–H and O–H groups in total. The van der Waals surface area contributed by atoms with Crippen molar-refractivity contribution < 1.29 is 18.3 Å². The summed E-state index contributed by atoms with van der Waals surface area (Å²) in [6.45, 7) is 4.14. The first-order valence-electron chi connectivity index (χ1n) is 8.22. The van der Waals surface area contributed by atoms with Crippen LogP contribution < -0.4 is 0 Å². The Balaban J connectivity index is 2.01. The van der Waals surface area contributed by atoms with Crippen molar-refractivity contribution in [1.29, 1.82) is 0 Å². The first-order valence-corrected chi connectivity index (χ1v) is 9.66. The van der Waals surface area contributed by atoms with E-state index in [1.165, 1.54) is 0 Å². The molecule has 2 aromatic rings. The van der Waals surface area contributed by atoms with Crippen molar-refractivity contribution in [2.75, 3.05) is 0 Å². The molecule has 1 heterocycles. The van der Waals surface area contributed by atoms with Crippen LogP contribution in [0, 0.1) is 0 Å². The summed E-state index contributed by atoms with van der Waals surface area (Å²) in [4.78, 5) is 11.8. The Hall–Kier alpha value is -2.18. The highest BCUT2D eigenvalue weighted by Gasteiger charge is 2.39. The number of carbonyl (C=O) groups is 1. The molecule has 3 rings (SSSR count). The number of fused-ring (bicyclic) bond motifs is 1. The molecule has 0 fully saturated rings. The van der Waals surface area contributed by atoms with E-state index in [0.29, 0.717) is 5.92 Å². The third-order valence-corrected chi connectivity index (χ3v) is 6.51. The standard InChI is InChI=1S/C19H21NO4S/c1-13(2)14-7-9-17(10-8-14)25(23,24)20-12-16-6-4-3-5-15(16)11-18(20)19(21)22/h3-10,13,18H,11-12H2,1-2H3,(H,21,22)/t18-/m1/s1. The summed E-state index contributed by atoms with van der Waals surface area (Å²) in [7, 11) is -3.89. The Morgan fingerprint density at radius 1 is 1.08 bits per heavy atom. The number of carboxylic acids is 1. The lowest BCUT2D eigenvalue weighted by Crippen LogP contribution is -2.48. The molecule has 132 valence electrons. The van der Waals surface area contributed by atoms with Gasteiger partial charge in [-0.3, -0.25) is 4.79 Å². The third-order valence-electron chi connectivity index (χ3n) is 4.64. The van der Waals surface area contributed by atoms with Gasteiger partial charge >= 0.3 is 5.97 Å². The summed E-state index contributed by atoms with van der Waals surface area (Å²) >= 11 is 0. The van der Waals surface area contributed by atoms with E-state index in [9.17, 15) is 18.3 Å². The molecule has 0 saturated heterocycles. The molecule has 6 heteroatoms. The molecule has 0 radical (unpaired) electrons. The molecule has 0 bridgehead atoms. The first-order chi connectivity index (χ1) is 11.8. The largest absolute Gasteiger partial charge is 0.480 e. The number of hydrogen-bond donors (Lipinski definition) is 1. The molecule has 1 aliphatic heterocycles. The van der Waals surface area contributed by atoms with Crippen LogP contribution in [0.3, 0.4) is 0 Å². The number of benzene rings is 2. The summed E-state index contributed by atoms with van der Waals surface area (Å²) in [6, 6.07) is 13.0. The number of hydrogen-bond acceptors (Lipinski definition) is 3. The van der Waals surface area contributed by atoms with Gasteiger partial charge in [-0.15, -0.1) is 0 Å². The summed E-state index contributed by atoms with van der Waals surface area (Å²) in [6.07, 6.45) is 0.175. The molecule has 1 aliphatic rings. The minimum Gasteiger partial charge on any atom is -0.480 e. The molecule has 0 amide bonds. The van der Waals surface area contributed by atoms with Gasteiger partial charge in [0.15, 0.2) is 0 Å². The number of carboxylic acid groups (broad SMARTS) is 1. The Kier molecular flexibility index (Phi) is 4.67. The number of aliphatic carboxylic acids is 1. The highest BCUT2D eigenvalue weighted by molar-refractivity contribution is 7.89. The maximum Gasteiger partial charge on any atom is 0.322 e. The minimum absolute atomic E-state index is 0.0708. The molecule has 5 nitrogen and oxygen atoms in total. The second kappa shape index (κ2) is 6.61. The highest BCUT2D eigenvalue weighted by atomic mass is 32.2. The molecular weight excluding hydrogens is 338 g/mol. The van der Waals surface area contributed by atoms with Gasteiger partial charge in [0, 0.05) is 13.0 Å². The summed E-state index contributed by atoms with van der Waals surface area (Å²) in [5, 5.41) is 9.56. The van der Waals surface area contributed by atoms with Crippen molar-refractivity contribution in [1.82, 2.24) is 4.31 Å². The fourth-order valence-corrected chi connectivity index (χ4v) is 4.68. The molecule has 2 aromatic carbocycles. The van der Waals surface area contributed by atoms with Gasteiger partial charge < -0.3 is 5.11 Å². The zero-order valence-electron chi connectivity index (χ0n) is 14.2. The minimum atomic E-state index is -3.89. The van der Waals surface area contributed by atoms with Crippen molar-refractivity contribution >= 4 is 16.0 Å². The normalized spacial score (nSPS) is 18.1. The van der Waals surface area contributed by atoms with Crippen molar-refractivity contribution in [3.05, 3.63) is 65.2 Å². The van der Waals surface area contributed by atoms with Gasteiger partial charge in [0.2, 0.25) is 10.0 Å². The molecule has 1 atom stereocenters. The van der Waals surface area contributed by atoms with Gasteiger partial charge in [-0.1, -0.05) is 50.2 Å². The maximum atomic E-state index is 13.1. The second-order valence-corrected chi connectivity index (χ2v) is 8.49. The van der Waals surface area contributed by atoms with Gasteiger partial charge in [0.25, 0.3) is 0 Å². The van der Waals surface area contributed by atoms with E-state index in [2.05, 4.69) is 0 Å². The van der Waals surface area contributed by atoms with E-state index in [0.717, 1.165) is 21.0 Å². The highest BCUT2D eigenvalue weighted by Crippen LogP contribution is 2.29. The van der Waals surface area contributed by atoms with Crippen LogP contribution in [0.5, 0.6) is 0 Å². The van der Waals surface area contributed by atoms with Crippen LogP contribution in [0.2, 0.25) is 0 Å². The Labute approximate surface area is 148 Å². The Morgan fingerprint density at radius 3 is 2.24 bits per heavy atom. The third kappa shape index (κ3) is 3.32. The fraction of sp³-hybridized carbons (Fsp3) is 0.316. The van der Waals surface area contributed by atoms with Crippen LogP contribution >= 0.6 is 0 Å². The molecule has 0 aliphatic carbocycles. The molecule has 0 unspecified atom stereocenters. The van der Waals surface area contributed by atoms with Gasteiger partial charge in [0.05, 0.1) is 4.90 Å². The van der Waals surface area contributed by atoms with Crippen LogP contribution in [0.1, 0.15) is 36.5 Å². The van der Waals surface area contributed by atoms with E-state index in [1.807, 2.05) is 38.1 Å². The van der Waals surface area contributed by atoms with E-state index in [-0.39, 0.29) is 17.9 Å². The average Bonchev–Trinajstić information content (AvgIpc) is 2.60. The SMILES string of the molecule is CC(C)c1ccc(S(=O)(=O)N2Cc3ccccc3C[C@@H]2C(=O)O)cc1. The zero-order chi connectivity index (χ0) is 18.2. The molecule has 0 saturated carbocycles. The van der Waals surface area contributed by atoms with Gasteiger partial charge in [-0.25, -0.2) is 8.42 Å². The van der Waals surface area contributed by atoms with Gasteiger partial charge in [-0.05, 0) is 34.7 Å². The molecule has 0 aromatic heterocycles. The summed E-state index contributed by atoms with van der Waals surface area (Å²) < 4.78 is 27.2. The van der Waals surface area contributed by atoms with E-state index in [1.54, 1.807) is 24.3 Å². The van der Waals surface area contributed by atoms with Gasteiger partial charge in [0.1, 0.15) is 6.04 Å². The second-order valence-electron chi connectivity index (χ2n) is 6.60. The number of nitrogens with zero attached hydrogens (tertiary/aromatic N) is 1. The van der Waals surface area contributed by atoms with Crippen LogP contribution in [-0.4, -0.2) is 29.8 Å². The fourth-order valence-electron chi connectivity index (χ4n) is 3.12. The number of rotatable bonds is 4. The van der Waals surface area contributed by atoms with Crippen molar-refractivity contribution in [3.8, 4) is 0 Å². The predicted octanol–water partition coefficient (Wildman–Crippen LogP) is 3.01. The molecule has 25 heavy (non-hydrogen) atoms. The zero-order valence-corrected chi connectivity index (χ0v) is 15.0. The number of sulfonamides is 1. The van der Waals surface area contributed by atoms with Crippen LogP contribution in [-0.2, 0) is 27.8 Å². The molecule has 0 spiro atoms. The Bertz CT molecular complexity index is 888. The van der Waals surface area contributed by atoms with Crippen LogP contribution in [0.4, 0.5) is 0 Å². The predicted molar refractivity (Wildman–Crippen MR) is 94.8 cm³/mol. The topological polar surface area (TPSA) is 74.7 Å². The average molecular weight is 359 g/mol. The maximum absolute atomic E-state index is 13.1. The lowest BCUT2D eigenvalue weighted by molar-refractivity contribution is -0.141. The summed E-state index contributed by atoms with van der Waals surface area (Å²) in [5.74, 6) is -0.831. The lowest BCUT2D eigenvalue weighted by atomic mass is 9.96. The van der Waals surface area contributed by atoms with Crippen molar-refractivity contribution in [2.24, 2.45) is 0 Å². The molecular formula is C19H21NO4S. The van der Waals surface area contributed by atoms with Crippen LogP contribution in [0.15, 0.2) is 53.4 Å². The lowest BCUT2D eigenvalue weighted by Gasteiger charge is -2.33. The van der Waals surface area contributed by atoms with Crippen LogP contribution in [0.25, 0.3) is 0 Å². The first kappa shape index (κ1) is 17.6. The quantitative estimate of drug-likeness (QED) is 0.911. The van der Waals surface area contributed by atoms with Crippen molar-refractivity contribution in [3.63, 3.8) is 0 Å². The Morgan fingerprint density at radius 2 is 1.68 bits per heavy atom. The summed E-state index contributed by atoms with van der Waals surface area (Å²) in [5.41, 5.74) is 2.77. The monoisotopic (exact) mass is 359 g/mol. The van der Waals surface area contributed by atoms with E-state index in [4.69, 9.17) is 0 Å². The van der Waals surface area contributed by atoms with Gasteiger partial charge in [-0.2, -0.15) is 4.31 Å². The van der Waals surface area contributed by atoms with E-state index < -0.39 is 22.0 Å². The van der Waals surface area contributed by atoms with E-state index >= 15 is 0 Å². The van der Waals surface area contributed by atoms with Crippen molar-refractivity contribution in [2.45, 2.75) is 43.7 Å². The smallest absolute Gasteiger partial charge is 0.322 e.